The van der Waals surface area contributed by atoms with E-state index in [1.165, 1.54) is 6.21 Å². The van der Waals surface area contributed by atoms with Crippen molar-refractivity contribution in [2.75, 3.05) is 7.11 Å². The molecule has 8 nitrogen and oxygen atoms in total. The molecule has 0 heterocycles. The number of hydrazone groups is 1. The van der Waals surface area contributed by atoms with Crippen molar-refractivity contribution in [1.82, 2.24) is 10.7 Å². The minimum atomic E-state index is -0.760. The Morgan fingerprint density at radius 3 is 2.31 bits per heavy atom. The van der Waals surface area contributed by atoms with Gasteiger partial charge in [-0.3, -0.25) is 9.59 Å². The number of hydrogen-bond acceptors (Lipinski definition) is 6. The summed E-state index contributed by atoms with van der Waals surface area (Å²) in [5.41, 5.74) is 5.07. The highest BCUT2D eigenvalue weighted by Gasteiger charge is 2.24. The molecule has 3 aromatic rings. The number of nitriles is 1. The maximum absolute atomic E-state index is 12.7. The minimum absolute atomic E-state index is 0.148. The highest BCUT2D eigenvalue weighted by molar-refractivity contribution is 5.97. The second-order valence-electron chi connectivity index (χ2n) is 8.28. The van der Waals surface area contributed by atoms with Crippen LogP contribution in [-0.2, 0) is 11.4 Å². The molecule has 2 amide bonds. The highest BCUT2D eigenvalue weighted by Crippen LogP contribution is 2.16. The summed E-state index contributed by atoms with van der Waals surface area (Å²) in [7, 11) is 1.55. The van der Waals surface area contributed by atoms with E-state index >= 15 is 0 Å². The zero-order valence-corrected chi connectivity index (χ0v) is 20.4. The van der Waals surface area contributed by atoms with E-state index in [9.17, 15) is 14.9 Å². The van der Waals surface area contributed by atoms with Crippen LogP contribution in [0.2, 0.25) is 0 Å². The second kappa shape index (κ2) is 12.7. The molecule has 0 aromatic heterocycles. The fourth-order valence-corrected chi connectivity index (χ4v) is 3.31. The standard InChI is InChI=1S/C28H28N4O4/c1-19(2)26(31-27(33)21-10-14-24(35-3)15-11-21)28(34)32-30-17-20-8-12-25(13-9-20)36-18-23-7-5-4-6-22(23)16-29/h4-15,17,19,26H,18H2,1-3H3,(H,31,33)(H,32,34)/b30-17+. The van der Waals surface area contributed by atoms with Gasteiger partial charge in [0.2, 0.25) is 0 Å². The van der Waals surface area contributed by atoms with Gasteiger partial charge in [-0.15, -0.1) is 0 Å². The molecule has 0 aliphatic carbocycles. The smallest absolute Gasteiger partial charge is 0.262 e. The Labute approximate surface area is 210 Å². The lowest BCUT2D eigenvalue weighted by molar-refractivity contribution is -0.123. The Kier molecular flexibility index (Phi) is 9.18. The second-order valence-corrected chi connectivity index (χ2v) is 8.28. The average Bonchev–Trinajstić information content (AvgIpc) is 2.91. The molecule has 36 heavy (non-hydrogen) atoms. The summed E-state index contributed by atoms with van der Waals surface area (Å²) in [5, 5.41) is 16.0. The third-order valence-corrected chi connectivity index (χ3v) is 5.39. The topological polar surface area (TPSA) is 113 Å². The molecule has 0 bridgehead atoms. The van der Waals surface area contributed by atoms with E-state index < -0.39 is 11.9 Å². The molecule has 3 aromatic carbocycles. The van der Waals surface area contributed by atoms with E-state index in [0.717, 1.165) is 11.1 Å². The lowest BCUT2D eigenvalue weighted by atomic mass is 10.0. The van der Waals surface area contributed by atoms with Gasteiger partial charge in [-0.1, -0.05) is 32.0 Å². The molecule has 0 spiro atoms. The number of ether oxygens (including phenoxy) is 2. The van der Waals surface area contributed by atoms with Crippen LogP contribution in [-0.4, -0.2) is 31.2 Å². The Balaban J connectivity index is 1.54. The van der Waals surface area contributed by atoms with Crippen LogP contribution in [0.25, 0.3) is 0 Å². The van der Waals surface area contributed by atoms with Crippen molar-refractivity contribution in [3.05, 3.63) is 95.1 Å². The molecule has 0 aliphatic heterocycles. The summed E-state index contributed by atoms with van der Waals surface area (Å²) in [6.45, 7) is 3.97. The highest BCUT2D eigenvalue weighted by atomic mass is 16.5. The first-order chi connectivity index (χ1) is 17.4. The summed E-state index contributed by atoms with van der Waals surface area (Å²) in [6, 6.07) is 22.5. The van der Waals surface area contributed by atoms with E-state index in [0.29, 0.717) is 22.6 Å². The molecule has 3 rings (SSSR count). The number of carbonyl (C=O) groups excluding carboxylic acids is 2. The number of carbonyl (C=O) groups is 2. The summed E-state index contributed by atoms with van der Waals surface area (Å²) < 4.78 is 10.9. The third-order valence-electron chi connectivity index (χ3n) is 5.39. The first kappa shape index (κ1) is 26.0. The van der Waals surface area contributed by atoms with Crippen LogP contribution < -0.4 is 20.2 Å². The van der Waals surface area contributed by atoms with Gasteiger partial charge < -0.3 is 14.8 Å². The molecule has 0 aliphatic rings. The lowest BCUT2D eigenvalue weighted by Crippen LogP contribution is -2.48. The largest absolute Gasteiger partial charge is 0.497 e. The van der Waals surface area contributed by atoms with E-state index in [2.05, 4.69) is 21.9 Å². The maximum atomic E-state index is 12.7. The van der Waals surface area contributed by atoms with Crippen molar-refractivity contribution in [1.29, 1.82) is 5.26 Å². The Morgan fingerprint density at radius 2 is 1.67 bits per heavy atom. The molecule has 2 N–H and O–H groups in total. The normalized spacial score (nSPS) is 11.5. The Bertz CT molecular complexity index is 1250. The molecular formula is C28H28N4O4. The van der Waals surface area contributed by atoms with Crippen molar-refractivity contribution in [3.63, 3.8) is 0 Å². The number of rotatable bonds is 10. The first-order valence-corrected chi connectivity index (χ1v) is 11.4. The first-order valence-electron chi connectivity index (χ1n) is 11.4. The monoisotopic (exact) mass is 484 g/mol. The fourth-order valence-electron chi connectivity index (χ4n) is 3.31. The van der Waals surface area contributed by atoms with Crippen molar-refractivity contribution < 1.29 is 19.1 Å². The molecule has 184 valence electrons. The van der Waals surface area contributed by atoms with Crippen LogP contribution >= 0.6 is 0 Å². The fraction of sp³-hybridized carbons (Fsp3) is 0.214. The summed E-state index contributed by atoms with van der Waals surface area (Å²) in [6.07, 6.45) is 1.51. The summed E-state index contributed by atoms with van der Waals surface area (Å²) >= 11 is 0. The van der Waals surface area contributed by atoms with Gasteiger partial charge in [0.1, 0.15) is 24.1 Å². The summed E-state index contributed by atoms with van der Waals surface area (Å²) in [5.74, 6) is 0.362. The van der Waals surface area contributed by atoms with Crippen molar-refractivity contribution in [2.24, 2.45) is 11.0 Å². The number of nitrogens with one attached hydrogen (secondary N) is 2. The van der Waals surface area contributed by atoms with Gasteiger partial charge in [0.05, 0.1) is 25.0 Å². The van der Waals surface area contributed by atoms with Gasteiger partial charge in [-0.2, -0.15) is 10.4 Å². The van der Waals surface area contributed by atoms with Crippen LogP contribution in [0.15, 0.2) is 77.9 Å². The molecule has 0 fully saturated rings. The predicted octanol–water partition coefficient (Wildman–Crippen LogP) is 4.05. The van der Waals surface area contributed by atoms with Crippen molar-refractivity contribution in [2.45, 2.75) is 26.5 Å². The Hall–Kier alpha value is -4.64. The van der Waals surface area contributed by atoms with Gasteiger partial charge in [0, 0.05) is 11.1 Å². The lowest BCUT2D eigenvalue weighted by Gasteiger charge is -2.20. The minimum Gasteiger partial charge on any atom is -0.497 e. The average molecular weight is 485 g/mol. The Morgan fingerprint density at radius 1 is 1.00 bits per heavy atom. The van der Waals surface area contributed by atoms with E-state index in [1.807, 2.05) is 32.0 Å². The van der Waals surface area contributed by atoms with Crippen molar-refractivity contribution >= 4 is 18.0 Å². The van der Waals surface area contributed by atoms with Gasteiger partial charge in [-0.25, -0.2) is 5.43 Å². The number of methoxy groups -OCH3 is 1. The molecule has 1 unspecified atom stereocenters. The quantitative estimate of drug-likeness (QED) is 0.333. The molecule has 0 radical (unpaired) electrons. The molecule has 0 saturated carbocycles. The number of benzene rings is 3. The molecule has 1 atom stereocenters. The van der Waals surface area contributed by atoms with E-state index in [1.54, 1.807) is 61.7 Å². The van der Waals surface area contributed by atoms with Gasteiger partial charge >= 0.3 is 0 Å². The molecule has 0 saturated heterocycles. The van der Waals surface area contributed by atoms with Crippen LogP contribution in [0.5, 0.6) is 11.5 Å². The number of hydrogen-bond donors (Lipinski definition) is 2. The van der Waals surface area contributed by atoms with Crippen LogP contribution in [0.1, 0.15) is 40.9 Å². The van der Waals surface area contributed by atoms with Gasteiger partial charge in [-0.05, 0) is 66.1 Å². The number of nitrogens with zero attached hydrogens (tertiary/aromatic N) is 2. The third kappa shape index (κ3) is 7.18. The van der Waals surface area contributed by atoms with Crippen LogP contribution in [0, 0.1) is 17.2 Å². The number of amides is 2. The van der Waals surface area contributed by atoms with Gasteiger partial charge in [0.25, 0.3) is 11.8 Å². The van der Waals surface area contributed by atoms with Crippen LogP contribution in [0.3, 0.4) is 0 Å². The maximum Gasteiger partial charge on any atom is 0.262 e. The van der Waals surface area contributed by atoms with Crippen molar-refractivity contribution in [3.8, 4) is 17.6 Å². The zero-order chi connectivity index (χ0) is 25.9. The molecule has 8 heteroatoms. The van der Waals surface area contributed by atoms with E-state index in [4.69, 9.17) is 9.47 Å². The SMILES string of the molecule is COc1ccc(C(=O)NC(C(=O)N/N=C/c2ccc(OCc3ccccc3C#N)cc2)C(C)C)cc1. The van der Waals surface area contributed by atoms with Gasteiger partial charge in [0.15, 0.2) is 0 Å². The van der Waals surface area contributed by atoms with E-state index in [-0.39, 0.29) is 18.4 Å². The van der Waals surface area contributed by atoms with Crippen LogP contribution in [0.4, 0.5) is 0 Å². The molecular weight excluding hydrogens is 456 g/mol. The zero-order valence-electron chi connectivity index (χ0n) is 20.4. The summed E-state index contributed by atoms with van der Waals surface area (Å²) in [4.78, 5) is 25.2. The predicted molar refractivity (Wildman–Crippen MR) is 137 cm³/mol.